The van der Waals surface area contributed by atoms with Crippen LogP contribution in [0.5, 0.6) is 0 Å². The zero-order valence-corrected chi connectivity index (χ0v) is 33.7. The van der Waals surface area contributed by atoms with E-state index >= 15 is 0 Å². The molecule has 2 aromatic carbocycles. The van der Waals surface area contributed by atoms with E-state index in [1.165, 1.54) is 45.9 Å². The number of anilines is 1. The Kier molecular flexibility index (Phi) is 27.7. The molecule has 0 spiro atoms. The Morgan fingerprint density at radius 1 is 0.978 bits per heavy atom. The van der Waals surface area contributed by atoms with Crippen molar-refractivity contribution >= 4 is 58.7 Å². The van der Waals surface area contributed by atoms with Gasteiger partial charge in [-0.15, -0.1) is 0 Å². The van der Waals surface area contributed by atoms with Crippen molar-refractivity contribution in [1.29, 1.82) is 0 Å². The summed E-state index contributed by atoms with van der Waals surface area (Å²) >= 11 is 11.7. The van der Waals surface area contributed by atoms with Crippen LogP contribution in [0.2, 0.25) is 10.0 Å². The van der Waals surface area contributed by atoms with Gasteiger partial charge in [-0.25, -0.2) is 18.9 Å². The summed E-state index contributed by atoms with van der Waals surface area (Å²) < 4.78 is 12.7. The largest absolute Gasteiger partial charge is 1.00 e. The van der Waals surface area contributed by atoms with Gasteiger partial charge in [-0.1, -0.05) is 35.3 Å². The molecule has 0 bridgehead atoms. The van der Waals surface area contributed by atoms with Crippen molar-refractivity contribution in [3.05, 3.63) is 74.1 Å². The van der Waals surface area contributed by atoms with E-state index in [2.05, 4.69) is 19.9 Å². The number of hydrogen-bond donors (Lipinski definition) is 6. The quantitative estimate of drug-likeness (QED) is 0.0599. The minimum atomic E-state index is -1.44. The number of carbonyl (C=O) groups excluding carboxylic acids is 1. The van der Waals surface area contributed by atoms with Crippen molar-refractivity contribution in [2.45, 2.75) is 64.8 Å². The topological polar surface area (TPSA) is 211 Å². The average Bonchev–Trinajstić information content (AvgIpc) is 2.91. The first-order valence-electron chi connectivity index (χ1n) is 11.8. The Labute approximate surface area is 357 Å². The van der Waals surface area contributed by atoms with Gasteiger partial charge in [0.1, 0.15) is 11.9 Å². The van der Waals surface area contributed by atoms with Gasteiger partial charge < -0.3 is 43.0 Å². The van der Waals surface area contributed by atoms with Crippen LogP contribution in [0.1, 0.15) is 40.2 Å². The molecular formula is C27H33Cl2FK2N4O9. The zero-order chi connectivity index (χ0) is 34.3. The van der Waals surface area contributed by atoms with Gasteiger partial charge in [0, 0.05) is 5.69 Å². The number of aliphatic carboxylic acids is 2. The summed E-state index contributed by atoms with van der Waals surface area (Å²) in [5, 5.41) is 47.8. The van der Waals surface area contributed by atoms with E-state index in [1.54, 1.807) is 19.9 Å². The molecule has 0 saturated carbocycles. The molecule has 0 aliphatic heterocycles. The fourth-order valence-corrected chi connectivity index (χ4v) is 3.05. The molecule has 0 aliphatic rings. The second-order valence-corrected chi connectivity index (χ2v) is 10.3. The van der Waals surface area contributed by atoms with Crippen molar-refractivity contribution < 1.29 is 154 Å². The summed E-state index contributed by atoms with van der Waals surface area (Å²) in [5.41, 5.74) is 4.25. The smallest absolute Gasteiger partial charge is 1.00 e. The maximum Gasteiger partial charge on any atom is 1.00 e. The second-order valence-electron chi connectivity index (χ2n) is 9.53. The van der Waals surface area contributed by atoms with Crippen molar-refractivity contribution in [2.24, 2.45) is 5.73 Å². The molecule has 0 amide bonds. The van der Waals surface area contributed by atoms with Gasteiger partial charge in [0.2, 0.25) is 11.4 Å². The number of benzene rings is 2. The summed E-state index contributed by atoms with van der Waals surface area (Å²) in [6, 6.07) is 3.31. The van der Waals surface area contributed by atoms with E-state index in [-0.39, 0.29) is 127 Å². The van der Waals surface area contributed by atoms with Crippen LogP contribution < -0.4 is 119 Å². The third kappa shape index (κ3) is 19.0. The van der Waals surface area contributed by atoms with Crippen LogP contribution in [-0.4, -0.2) is 62.1 Å². The van der Waals surface area contributed by atoms with Gasteiger partial charge in [0.15, 0.2) is 6.04 Å². The molecule has 18 heteroatoms. The first-order valence-corrected chi connectivity index (χ1v) is 12.5. The van der Waals surface area contributed by atoms with Crippen LogP contribution in [0, 0.1) is 32.8 Å². The number of halogens is 3. The molecule has 0 radical (unpaired) electrons. The van der Waals surface area contributed by atoms with Gasteiger partial charge in [0.25, 0.3) is 6.47 Å². The molecule has 0 saturated heterocycles. The van der Waals surface area contributed by atoms with E-state index in [0.717, 1.165) is 0 Å². The van der Waals surface area contributed by atoms with Gasteiger partial charge >= 0.3 is 115 Å². The number of nitrogens with one attached hydrogen (secondary N) is 1. The maximum absolute atomic E-state index is 12.7. The molecule has 0 unspecified atom stereocenters. The molecule has 0 aromatic heterocycles. The normalized spacial score (nSPS) is 11.1. The van der Waals surface area contributed by atoms with Crippen LogP contribution in [0.25, 0.3) is 9.69 Å². The van der Waals surface area contributed by atoms with Gasteiger partial charge in [-0.3, -0.25) is 9.59 Å². The summed E-state index contributed by atoms with van der Waals surface area (Å²) in [4.78, 5) is 38.9. The molecule has 0 aliphatic carbocycles. The van der Waals surface area contributed by atoms with Gasteiger partial charge in [-0.2, -0.15) is 0 Å². The summed E-state index contributed by atoms with van der Waals surface area (Å²) in [5.74, 6) is -2.73. The standard InChI is InChI=1S/C13H15ClN2O3.C8H5ClFN.C5H11NO3.CH2O3.2K.H/c1-7-8(5-6-9(15-4)10(7)14)16-11(12(17)18)13(2,3)19;1-5-6(10)3-4-7(11-2)8(5)9;1-5(2,9)3(6)4(7)8;2-1-4-3;;;/h5-6,11,16,19H,1-3H3,(H,17,18);3-4H,1H3;3,9H,6H2,1-2H3,(H,7,8);1,3H;;;/q;;;;2*+1;-1/p-1/t11-;;3-;;;;/m0.0..../s1. The van der Waals surface area contributed by atoms with Crippen LogP contribution in [0.15, 0.2) is 24.3 Å². The van der Waals surface area contributed by atoms with Crippen LogP contribution >= 0.6 is 23.2 Å². The third-order valence-corrected chi connectivity index (χ3v) is 6.18. The SMILES string of the molecule is CC(C)(O)[C@@H](N)C(=O)O.O=CO[O-].[C-]#[N+]c1ccc(F)c(C)c1Cl.[C-]#[N+]c1ccc(N[C@@H](C(=O)O)C(C)(C)O)c(C)c1Cl.[H-].[K+].[K+]. The molecule has 7 N–H and O–H groups in total. The maximum atomic E-state index is 12.7. The molecular weight excluding hydrogens is 692 g/mol. The van der Waals surface area contributed by atoms with Crippen LogP contribution in [-0.2, 0) is 19.3 Å². The molecule has 0 fully saturated rings. The van der Waals surface area contributed by atoms with E-state index in [1.807, 2.05) is 0 Å². The van der Waals surface area contributed by atoms with E-state index < -0.39 is 35.2 Å². The average molecular weight is 726 g/mol. The number of carboxylic acids is 2. The number of nitrogens with zero attached hydrogens (tertiary/aromatic N) is 2. The van der Waals surface area contributed by atoms with Crippen LogP contribution in [0.4, 0.5) is 21.5 Å². The zero-order valence-electron chi connectivity index (χ0n) is 27.0. The summed E-state index contributed by atoms with van der Waals surface area (Å²) in [6.45, 7) is 22.2. The Morgan fingerprint density at radius 3 is 1.67 bits per heavy atom. The molecule has 2 atom stereocenters. The molecule has 2 aromatic rings. The van der Waals surface area contributed by atoms with E-state index in [0.29, 0.717) is 28.2 Å². The number of hydrogen-bond acceptors (Lipinski definition) is 9. The minimum Gasteiger partial charge on any atom is -1.00 e. The van der Waals surface area contributed by atoms with Crippen molar-refractivity contribution in [2.75, 3.05) is 5.32 Å². The van der Waals surface area contributed by atoms with E-state index in [4.69, 9.17) is 67.5 Å². The van der Waals surface area contributed by atoms with Crippen LogP contribution in [0.3, 0.4) is 0 Å². The minimum absolute atomic E-state index is 0. The van der Waals surface area contributed by atoms with Crippen molar-refractivity contribution in [3.8, 4) is 0 Å². The van der Waals surface area contributed by atoms with Crippen molar-refractivity contribution in [1.82, 2.24) is 0 Å². The predicted molar refractivity (Wildman–Crippen MR) is 156 cm³/mol. The predicted octanol–water partition coefficient (Wildman–Crippen LogP) is -2.10. The number of carbonyl (C=O) groups is 3. The monoisotopic (exact) mass is 724 g/mol. The summed E-state index contributed by atoms with van der Waals surface area (Å²) in [6.07, 6.45) is 0. The first-order chi connectivity index (χ1) is 19.6. The number of rotatable bonds is 7. The fourth-order valence-electron chi connectivity index (χ4n) is 2.65. The molecule has 2 rings (SSSR count). The first kappa shape index (κ1) is 51.1. The molecule has 238 valence electrons. The Hall–Kier alpha value is -0.747. The van der Waals surface area contributed by atoms with Crippen molar-refractivity contribution in [3.63, 3.8) is 0 Å². The Bertz CT molecular complexity index is 1370. The summed E-state index contributed by atoms with van der Waals surface area (Å²) in [7, 11) is 0. The van der Waals surface area contributed by atoms with E-state index in [9.17, 15) is 19.1 Å². The van der Waals surface area contributed by atoms with Gasteiger partial charge in [-0.05, 0) is 64.8 Å². The fraction of sp³-hybridized carbons (Fsp3) is 0.370. The molecule has 45 heavy (non-hydrogen) atoms. The van der Waals surface area contributed by atoms with Gasteiger partial charge in [0.05, 0.1) is 34.4 Å². The number of nitrogens with two attached hydrogens (primary N) is 1. The molecule has 0 heterocycles. The second kappa shape index (κ2) is 24.4. The number of aliphatic hydroxyl groups is 2. The number of carboxylic acid groups (broad SMARTS) is 2. The third-order valence-electron chi connectivity index (χ3n) is 5.23. The molecule has 13 nitrogen and oxygen atoms in total. The Morgan fingerprint density at radius 2 is 1.38 bits per heavy atom. The Balaban J connectivity index is -0.000000178.